The number of aromatic nitrogens is 4. The van der Waals surface area contributed by atoms with Crippen molar-refractivity contribution in [2.24, 2.45) is 0 Å². The van der Waals surface area contributed by atoms with Gasteiger partial charge >= 0.3 is 0 Å². The van der Waals surface area contributed by atoms with Crippen molar-refractivity contribution in [3.05, 3.63) is 78.8 Å². The number of nitrogens with zero attached hydrogens (tertiary/aromatic N) is 4. The van der Waals surface area contributed by atoms with Crippen LogP contribution in [0.4, 0.5) is 0 Å². The van der Waals surface area contributed by atoms with Gasteiger partial charge in [-0.1, -0.05) is 48.2 Å². The van der Waals surface area contributed by atoms with E-state index < -0.39 is 0 Å². The van der Waals surface area contributed by atoms with Crippen LogP contribution in [0, 0.1) is 0 Å². The Bertz CT molecular complexity index is 1180. The lowest BCUT2D eigenvalue weighted by Crippen LogP contribution is -1.92. The lowest BCUT2D eigenvalue weighted by atomic mass is 10.1. The van der Waals surface area contributed by atoms with Gasteiger partial charge in [-0.2, -0.15) is 0 Å². The number of furan rings is 1. The highest BCUT2D eigenvalue weighted by Crippen LogP contribution is 2.31. The summed E-state index contributed by atoms with van der Waals surface area (Å²) in [6.45, 7) is 0. The molecular weight excluding hydrogens is 360 g/mol. The fourth-order valence-corrected chi connectivity index (χ4v) is 3.68. The van der Waals surface area contributed by atoms with Gasteiger partial charge < -0.3 is 13.2 Å². The van der Waals surface area contributed by atoms with E-state index in [0.29, 0.717) is 22.6 Å². The standard InChI is InChI=1S/C20H14N4O2S/c1-2-7-14(8-3-1)18-15(24-11-5-4-10-17(24)21-18)13-27-20-23-22-19(26-20)16-9-6-12-25-16/h1-12H,13H2. The van der Waals surface area contributed by atoms with E-state index in [0.717, 1.165) is 22.6 Å². The van der Waals surface area contributed by atoms with Gasteiger partial charge in [0, 0.05) is 17.5 Å². The van der Waals surface area contributed by atoms with E-state index in [2.05, 4.69) is 26.7 Å². The number of benzene rings is 1. The summed E-state index contributed by atoms with van der Waals surface area (Å²) in [5, 5.41) is 8.65. The first kappa shape index (κ1) is 15.9. The van der Waals surface area contributed by atoms with E-state index in [1.807, 2.05) is 42.6 Å². The van der Waals surface area contributed by atoms with Crippen LogP contribution in [-0.4, -0.2) is 19.6 Å². The molecule has 132 valence electrons. The molecule has 0 bridgehead atoms. The summed E-state index contributed by atoms with van der Waals surface area (Å²) < 4.78 is 13.1. The Morgan fingerprint density at radius 2 is 1.81 bits per heavy atom. The normalized spacial score (nSPS) is 11.3. The van der Waals surface area contributed by atoms with Gasteiger partial charge in [-0.25, -0.2) is 4.98 Å². The van der Waals surface area contributed by atoms with Crippen LogP contribution in [0.1, 0.15) is 5.69 Å². The molecule has 4 aromatic heterocycles. The van der Waals surface area contributed by atoms with Crippen molar-refractivity contribution in [1.82, 2.24) is 19.6 Å². The van der Waals surface area contributed by atoms with Crippen molar-refractivity contribution in [3.8, 4) is 22.9 Å². The van der Waals surface area contributed by atoms with Gasteiger partial charge in [-0.05, 0) is 24.3 Å². The predicted molar refractivity (Wildman–Crippen MR) is 102 cm³/mol. The van der Waals surface area contributed by atoms with E-state index in [1.54, 1.807) is 18.4 Å². The number of imidazole rings is 1. The van der Waals surface area contributed by atoms with E-state index in [9.17, 15) is 0 Å². The van der Waals surface area contributed by atoms with Crippen molar-refractivity contribution in [2.75, 3.05) is 0 Å². The van der Waals surface area contributed by atoms with Gasteiger partial charge in [-0.15, -0.1) is 10.2 Å². The molecule has 27 heavy (non-hydrogen) atoms. The first-order valence-corrected chi connectivity index (χ1v) is 9.38. The van der Waals surface area contributed by atoms with Gasteiger partial charge in [0.1, 0.15) is 5.65 Å². The van der Waals surface area contributed by atoms with Crippen LogP contribution in [0.5, 0.6) is 0 Å². The smallest absolute Gasteiger partial charge is 0.284 e. The molecule has 0 fully saturated rings. The third-order valence-electron chi connectivity index (χ3n) is 4.15. The lowest BCUT2D eigenvalue weighted by Gasteiger charge is -2.03. The third-order valence-corrected chi connectivity index (χ3v) is 4.98. The summed E-state index contributed by atoms with van der Waals surface area (Å²) in [7, 11) is 0. The summed E-state index contributed by atoms with van der Waals surface area (Å²) in [5.74, 6) is 1.59. The number of pyridine rings is 1. The Morgan fingerprint density at radius 1 is 0.926 bits per heavy atom. The molecule has 0 atom stereocenters. The molecule has 6 nitrogen and oxygen atoms in total. The topological polar surface area (TPSA) is 69.4 Å². The largest absolute Gasteiger partial charge is 0.459 e. The summed E-state index contributed by atoms with van der Waals surface area (Å²) in [6, 6.07) is 19.7. The molecule has 0 unspecified atom stereocenters. The van der Waals surface area contributed by atoms with Crippen molar-refractivity contribution in [1.29, 1.82) is 0 Å². The maximum atomic E-state index is 5.70. The first-order chi connectivity index (χ1) is 13.4. The minimum atomic E-state index is 0.379. The molecule has 0 saturated heterocycles. The Labute approximate surface area is 158 Å². The van der Waals surface area contributed by atoms with Gasteiger partial charge in [0.05, 0.1) is 17.7 Å². The van der Waals surface area contributed by atoms with Gasteiger partial charge in [0.2, 0.25) is 0 Å². The van der Waals surface area contributed by atoms with Crippen LogP contribution >= 0.6 is 11.8 Å². The minimum Gasteiger partial charge on any atom is -0.459 e. The second-order valence-corrected chi connectivity index (χ2v) is 6.77. The summed E-state index contributed by atoms with van der Waals surface area (Å²) in [4.78, 5) is 4.81. The van der Waals surface area contributed by atoms with Crippen LogP contribution in [0.25, 0.3) is 28.6 Å². The van der Waals surface area contributed by atoms with Crippen molar-refractivity contribution < 1.29 is 8.83 Å². The Morgan fingerprint density at radius 3 is 2.67 bits per heavy atom. The summed E-state index contributed by atoms with van der Waals surface area (Å²) in [6.07, 6.45) is 3.60. The van der Waals surface area contributed by atoms with Crippen molar-refractivity contribution >= 4 is 17.4 Å². The van der Waals surface area contributed by atoms with Crippen LogP contribution in [0.2, 0.25) is 0 Å². The van der Waals surface area contributed by atoms with Crippen molar-refractivity contribution in [3.63, 3.8) is 0 Å². The molecule has 0 N–H and O–H groups in total. The summed E-state index contributed by atoms with van der Waals surface area (Å²) in [5.41, 5.74) is 4.03. The highest BCUT2D eigenvalue weighted by molar-refractivity contribution is 7.98. The molecule has 0 aliphatic carbocycles. The maximum absolute atomic E-state index is 5.70. The third kappa shape index (κ3) is 3.02. The Hall–Kier alpha value is -3.32. The summed E-state index contributed by atoms with van der Waals surface area (Å²) >= 11 is 1.48. The molecule has 0 aliphatic rings. The molecule has 0 amide bonds. The Kier molecular flexibility index (Phi) is 3.99. The zero-order chi connectivity index (χ0) is 18.1. The number of fused-ring (bicyclic) bond motifs is 1. The average Bonchev–Trinajstić information content (AvgIpc) is 3.46. The quantitative estimate of drug-likeness (QED) is 0.406. The molecule has 4 heterocycles. The molecule has 0 spiro atoms. The van der Waals surface area contributed by atoms with Crippen LogP contribution < -0.4 is 0 Å². The molecule has 5 rings (SSSR count). The fraction of sp³-hybridized carbons (Fsp3) is 0.0500. The van der Waals surface area contributed by atoms with Crippen LogP contribution in [0.15, 0.2) is 87.2 Å². The van der Waals surface area contributed by atoms with Gasteiger partial charge in [-0.3, -0.25) is 0 Å². The maximum Gasteiger partial charge on any atom is 0.284 e. The average molecular weight is 374 g/mol. The van der Waals surface area contributed by atoms with E-state index >= 15 is 0 Å². The minimum absolute atomic E-state index is 0.379. The zero-order valence-corrected chi connectivity index (χ0v) is 15.0. The van der Waals surface area contributed by atoms with Gasteiger partial charge in [0.15, 0.2) is 5.76 Å². The zero-order valence-electron chi connectivity index (χ0n) is 14.1. The number of thioether (sulfide) groups is 1. The second-order valence-electron chi connectivity index (χ2n) is 5.84. The molecule has 0 saturated carbocycles. The first-order valence-electron chi connectivity index (χ1n) is 8.40. The monoisotopic (exact) mass is 374 g/mol. The number of hydrogen-bond donors (Lipinski definition) is 0. The molecular formula is C20H14N4O2S. The fourth-order valence-electron chi connectivity index (χ4n) is 2.91. The van der Waals surface area contributed by atoms with Gasteiger partial charge in [0.25, 0.3) is 11.1 Å². The number of rotatable bonds is 5. The molecule has 5 aromatic rings. The highest BCUT2D eigenvalue weighted by atomic mass is 32.2. The Balaban J connectivity index is 1.48. The second kappa shape index (κ2) is 6.77. The van der Waals surface area contributed by atoms with Crippen LogP contribution in [-0.2, 0) is 5.75 Å². The van der Waals surface area contributed by atoms with Crippen molar-refractivity contribution in [2.45, 2.75) is 11.0 Å². The SMILES string of the molecule is c1ccc(-c2nc3ccccn3c2CSc2nnc(-c3ccco3)o2)cc1. The highest BCUT2D eigenvalue weighted by Gasteiger charge is 2.16. The molecule has 7 heteroatoms. The predicted octanol–water partition coefficient (Wildman–Crippen LogP) is 4.94. The van der Waals surface area contributed by atoms with E-state index in [4.69, 9.17) is 13.8 Å². The van der Waals surface area contributed by atoms with Crippen LogP contribution in [0.3, 0.4) is 0 Å². The lowest BCUT2D eigenvalue weighted by molar-refractivity contribution is 0.447. The number of hydrogen-bond acceptors (Lipinski definition) is 6. The van der Waals surface area contributed by atoms with E-state index in [-0.39, 0.29) is 0 Å². The molecule has 0 aliphatic heterocycles. The molecule has 0 radical (unpaired) electrons. The van der Waals surface area contributed by atoms with E-state index in [1.165, 1.54) is 11.8 Å². The molecule has 1 aromatic carbocycles.